The van der Waals surface area contributed by atoms with Gasteiger partial charge in [0.1, 0.15) is 0 Å². The molecule has 0 aliphatic rings. The molecule has 0 aliphatic carbocycles. The Balaban J connectivity index is 4.33. The molecule has 11 heavy (non-hydrogen) atoms. The lowest BCUT2D eigenvalue weighted by atomic mass is 10.1. The Kier molecular flexibility index (Phi) is 5.63. The van der Waals surface area contributed by atoms with E-state index in [1.165, 1.54) is 11.3 Å². The highest BCUT2D eigenvalue weighted by atomic mass is 14.9. The van der Waals surface area contributed by atoms with Gasteiger partial charge < -0.3 is 5.32 Å². The summed E-state index contributed by atoms with van der Waals surface area (Å²) >= 11 is 0. The molecule has 0 amide bonds. The van der Waals surface area contributed by atoms with Gasteiger partial charge in [0.05, 0.1) is 0 Å². The van der Waals surface area contributed by atoms with Gasteiger partial charge in [-0.3, -0.25) is 0 Å². The minimum atomic E-state index is 1.00. The highest BCUT2D eigenvalue weighted by Crippen LogP contribution is 2.09. The molecule has 0 heterocycles. The number of nitrogens with one attached hydrogen (secondary N) is 1. The van der Waals surface area contributed by atoms with Crippen molar-refractivity contribution in [1.29, 1.82) is 0 Å². The van der Waals surface area contributed by atoms with E-state index in [0.717, 1.165) is 19.4 Å². The second-order valence-corrected chi connectivity index (χ2v) is 2.45. The second-order valence-electron chi connectivity index (χ2n) is 2.45. The Labute approximate surface area is 70.2 Å². The molecule has 0 aromatic heterocycles. The van der Waals surface area contributed by atoms with E-state index >= 15 is 0 Å². The van der Waals surface area contributed by atoms with Crippen LogP contribution >= 0.6 is 0 Å². The minimum absolute atomic E-state index is 1.00. The molecule has 64 valence electrons. The van der Waals surface area contributed by atoms with Crippen LogP contribution in [0.2, 0.25) is 0 Å². The molecule has 0 radical (unpaired) electrons. The molecule has 0 saturated heterocycles. The van der Waals surface area contributed by atoms with Crippen LogP contribution in [0.5, 0.6) is 0 Å². The van der Waals surface area contributed by atoms with Crippen molar-refractivity contribution in [3.63, 3.8) is 0 Å². The van der Waals surface area contributed by atoms with Gasteiger partial charge in [0.2, 0.25) is 0 Å². The van der Waals surface area contributed by atoms with Crippen LogP contribution in [-0.2, 0) is 0 Å². The molecule has 0 atom stereocenters. The predicted molar refractivity (Wildman–Crippen MR) is 51.5 cm³/mol. The summed E-state index contributed by atoms with van der Waals surface area (Å²) in [7, 11) is 0. The van der Waals surface area contributed by atoms with Gasteiger partial charge in [-0.15, -0.1) is 0 Å². The average molecular weight is 153 g/mol. The molecule has 1 nitrogen and oxygen atoms in total. The summed E-state index contributed by atoms with van der Waals surface area (Å²) in [6.45, 7) is 11.2. The van der Waals surface area contributed by atoms with Gasteiger partial charge in [0.25, 0.3) is 0 Å². The Bertz CT molecular complexity index is 145. The van der Waals surface area contributed by atoms with Crippen LogP contribution in [-0.4, -0.2) is 6.54 Å². The van der Waals surface area contributed by atoms with E-state index in [2.05, 4.69) is 32.7 Å². The summed E-state index contributed by atoms with van der Waals surface area (Å²) in [6, 6.07) is 0. The third-order valence-electron chi connectivity index (χ3n) is 1.76. The van der Waals surface area contributed by atoms with Crippen molar-refractivity contribution in [2.24, 2.45) is 0 Å². The first kappa shape index (κ1) is 10.3. The number of hydrogen-bond donors (Lipinski definition) is 1. The first-order chi connectivity index (χ1) is 5.29. The number of hydrogen-bond acceptors (Lipinski definition) is 1. The van der Waals surface area contributed by atoms with E-state index in [9.17, 15) is 0 Å². The van der Waals surface area contributed by atoms with E-state index in [1.54, 1.807) is 0 Å². The molecular weight excluding hydrogens is 134 g/mol. The molecular formula is C10H19N. The van der Waals surface area contributed by atoms with E-state index in [-0.39, 0.29) is 0 Å². The topological polar surface area (TPSA) is 12.0 Å². The quantitative estimate of drug-likeness (QED) is 0.599. The molecule has 0 rings (SSSR count). The fourth-order valence-electron chi connectivity index (χ4n) is 1.16. The number of allylic oxidation sites excluding steroid dienone is 3. The SMILES string of the molecule is C=C/C(CC)=C(/CC)NCC. The monoisotopic (exact) mass is 153 g/mol. The van der Waals surface area contributed by atoms with Crippen molar-refractivity contribution < 1.29 is 0 Å². The Morgan fingerprint density at radius 3 is 2.18 bits per heavy atom. The van der Waals surface area contributed by atoms with Crippen LogP contribution in [0.3, 0.4) is 0 Å². The summed E-state index contributed by atoms with van der Waals surface area (Å²) in [5.41, 5.74) is 2.68. The Hall–Kier alpha value is -0.720. The molecule has 1 heteroatoms. The van der Waals surface area contributed by atoms with Crippen LogP contribution in [0.4, 0.5) is 0 Å². The average Bonchev–Trinajstić information content (AvgIpc) is 2.05. The lowest BCUT2D eigenvalue weighted by molar-refractivity contribution is 0.786. The molecule has 0 bridgehead atoms. The van der Waals surface area contributed by atoms with Gasteiger partial charge in [-0.1, -0.05) is 26.5 Å². The van der Waals surface area contributed by atoms with E-state index in [4.69, 9.17) is 0 Å². The highest BCUT2D eigenvalue weighted by Gasteiger charge is 1.96. The lowest BCUT2D eigenvalue weighted by Crippen LogP contribution is -2.13. The van der Waals surface area contributed by atoms with Crippen LogP contribution < -0.4 is 5.32 Å². The van der Waals surface area contributed by atoms with E-state index in [0.29, 0.717) is 0 Å². The zero-order chi connectivity index (χ0) is 8.69. The summed E-state index contributed by atoms with van der Waals surface area (Å²) in [5.74, 6) is 0. The maximum absolute atomic E-state index is 3.79. The predicted octanol–water partition coefficient (Wildman–Crippen LogP) is 2.86. The fourth-order valence-corrected chi connectivity index (χ4v) is 1.16. The second kappa shape index (κ2) is 6.02. The smallest absolute Gasteiger partial charge is 0.0136 e. The third kappa shape index (κ3) is 3.26. The molecule has 0 unspecified atom stereocenters. The zero-order valence-corrected chi connectivity index (χ0v) is 7.91. The maximum atomic E-state index is 3.79. The Morgan fingerprint density at radius 2 is 1.91 bits per heavy atom. The molecule has 0 aromatic carbocycles. The maximum Gasteiger partial charge on any atom is 0.0136 e. The summed E-state index contributed by atoms with van der Waals surface area (Å²) in [5, 5.41) is 3.34. The van der Waals surface area contributed by atoms with Gasteiger partial charge in [0.15, 0.2) is 0 Å². The third-order valence-corrected chi connectivity index (χ3v) is 1.76. The van der Waals surface area contributed by atoms with Crippen LogP contribution in [0, 0.1) is 0 Å². The first-order valence-corrected chi connectivity index (χ1v) is 4.38. The fraction of sp³-hybridized carbons (Fsp3) is 0.600. The van der Waals surface area contributed by atoms with Crippen molar-refractivity contribution in [2.75, 3.05) is 6.54 Å². The van der Waals surface area contributed by atoms with Gasteiger partial charge >= 0.3 is 0 Å². The molecule has 0 aromatic rings. The van der Waals surface area contributed by atoms with E-state index < -0.39 is 0 Å². The summed E-state index contributed by atoms with van der Waals surface area (Å²) < 4.78 is 0. The van der Waals surface area contributed by atoms with Gasteiger partial charge in [-0.2, -0.15) is 0 Å². The van der Waals surface area contributed by atoms with Crippen molar-refractivity contribution in [3.8, 4) is 0 Å². The van der Waals surface area contributed by atoms with Crippen LogP contribution in [0.15, 0.2) is 23.9 Å². The lowest BCUT2D eigenvalue weighted by Gasteiger charge is -2.10. The zero-order valence-electron chi connectivity index (χ0n) is 7.91. The van der Waals surface area contributed by atoms with Gasteiger partial charge in [0, 0.05) is 12.2 Å². The molecule has 0 fully saturated rings. The molecule has 0 aliphatic heterocycles. The first-order valence-electron chi connectivity index (χ1n) is 4.38. The normalized spacial score (nSPS) is 12.3. The molecule has 0 saturated carbocycles. The van der Waals surface area contributed by atoms with Crippen molar-refractivity contribution in [2.45, 2.75) is 33.6 Å². The summed E-state index contributed by atoms with van der Waals surface area (Å²) in [6.07, 6.45) is 4.09. The van der Waals surface area contributed by atoms with Crippen LogP contribution in [0.25, 0.3) is 0 Å². The van der Waals surface area contributed by atoms with E-state index in [1.807, 2.05) is 6.08 Å². The standard InChI is InChI=1S/C10H19N/c1-5-9(6-2)10(7-3)11-8-4/h5,11H,1,6-8H2,2-4H3/b10-9+. The number of rotatable bonds is 5. The summed E-state index contributed by atoms with van der Waals surface area (Å²) in [4.78, 5) is 0. The Morgan fingerprint density at radius 1 is 1.27 bits per heavy atom. The van der Waals surface area contributed by atoms with Crippen molar-refractivity contribution in [1.82, 2.24) is 5.32 Å². The largest absolute Gasteiger partial charge is 0.388 e. The van der Waals surface area contributed by atoms with Crippen molar-refractivity contribution in [3.05, 3.63) is 23.9 Å². The van der Waals surface area contributed by atoms with Gasteiger partial charge in [-0.25, -0.2) is 0 Å². The van der Waals surface area contributed by atoms with Gasteiger partial charge in [-0.05, 0) is 25.3 Å². The molecule has 1 N–H and O–H groups in total. The highest BCUT2D eigenvalue weighted by molar-refractivity contribution is 5.22. The van der Waals surface area contributed by atoms with Crippen LogP contribution in [0.1, 0.15) is 33.6 Å². The van der Waals surface area contributed by atoms with Crippen molar-refractivity contribution >= 4 is 0 Å². The molecule has 0 spiro atoms. The minimum Gasteiger partial charge on any atom is -0.388 e.